The highest BCUT2D eigenvalue weighted by atomic mass is 16.5. The van der Waals surface area contributed by atoms with E-state index in [1.54, 1.807) is 0 Å². The largest absolute Gasteiger partial charge is 0.462 e. The summed E-state index contributed by atoms with van der Waals surface area (Å²) in [4.78, 5) is 26.0. The van der Waals surface area contributed by atoms with Gasteiger partial charge in [0.1, 0.15) is 6.10 Å². The molecule has 0 bridgehead atoms. The highest BCUT2D eigenvalue weighted by Gasteiger charge is 2.24. The van der Waals surface area contributed by atoms with Crippen molar-refractivity contribution in [2.24, 2.45) is 0 Å². The minimum atomic E-state index is -0.803. The van der Waals surface area contributed by atoms with Crippen LogP contribution in [-0.4, -0.2) is 46.9 Å². The van der Waals surface area contributed by atoms with E-state index >= 15 is 0 Å². The number of unbranched alkanes of at least 4 members (excludes halogenated alkanes) is 21. The molecule has 6 nitrogen and oxygen atoms in total. The second-order valence-electron chi connectivity index (χ2n) is 16.5. The molecule has 0 saturated heterocycles. The summed E-state index contributed by atoms with van der Waals surface area (Å²) in [6, 6.07) is -0.720. The number of carbonyl (C=O) groups excluding carboxylic acids is 2. The average Bonchev–Trinajstić information content (AvgIpc) is 3.22. The fourth-order valence-corrected chi connectivity index (χ4v) is 7.13. The Morgan fingerprint density at radius 1 is 0.517 bits per heavy atom. The van der Waals surface area contributed by atoms with E-state index in [2.05, 4.69) is 86.8 Å². The smallest absolute Gasteiger partial charge is 0.306 e. The molecule has 0 saturated carbocycles. The van der Waals surface area contributed by atoms with Crippen LogP contribution >= 0.6 is 0 Å². The summed E-state index contributed by atoms with van der Waals surface area (Å²) in [7, 11) is 0. The first-order valence-corrected chi connectivity index (χ1v) is 24.5. The zero-order valence-corrected chi connectivity index (χ0v) is 38.2. The van der Waals surface area contributed by atoms with Gasteiger partial charge in [0.25, 0.3) is 0 Å². The zero-order chi connectivity index (χ0) is 42.4. The van der Waals surface area contributed by atoms with E-state index in [0.717, 1.165) is 83.5 Å². The predicted octanol–water partition coefficient (Wildman–Crippen LogP) is 14.5. The van der Waals surface area contributed by atoms with Gasteiger partial charge in [0, 0.05) is 6.42 Å². The van der Waals surface area contributed by atoms with Crippen LogP contribution in [0.3, 0.4) is 0 Å². The molecule has 3 unspecified atom stereocenters. The molecule has 58 heavy (non-hydrogen) atoms. The Morgan fingerprint density at radius 2 is 0.948 bits per heavy atom. The molecule has 0 aromatic heterocycles. The van der Waals surface area contributed by atoms with Crippen LogP contribution in [0.4, 0.5) is 0 Å². The van der Waals surface area contributed by atoms with Crippen molar-refractivity contribution in [1.29, 1.82) is 0 Å². The molecule has 0 radical (unpaired) electrons. The standard InChI is InChI=1S/C52H93NO5/c1-4-7-10-13-16-19-22-25-27-28-31-34-37-40-43-48(58-52(57)45-42-39-36-33-30-24-21-18-15-12-9-6-3)46-51(56)53-49(47-54)50(55)44-41-38-35-32-29-26-23-20-17-14-11-8-5-2/h7,10,16,18-19,21,25,27,31,34,48-50,54-55H,4-6,8-9,11-15,17,20,22-24,26,28-30,32-33,35-47H2,1-3H3,(H,53,56)/b10-7+,19-16+,21-18-,27-25+,34-31+. The molecule has 6 heteroatoms. The van der Waals surface area contributed by atoms with Gasteiger partial charge in [-0.25, -0.2) is 0 Å². The van der Waals surface area contributed by atoms with Crippen molar-refractivity contribution in [3.63, 3.8) is 0 Å². The van der Waals surface area contributed by atoms with Crippen molar-refractivity contribution in [2.45, 2.75) is 251 Å². The monoisotopic (exact) mass is 812 g/mol. The Bertz CT molecular complexity index is 1050. The number of rotatable bonds is 43. The minimum absolute atomic E-state index is 0.0356. The van der Waals surface area contributed by atoms with E-state index in [1.165, 1.54) is 103 Å². The molecular formula is C52H93NO5. The van der Waals surface area contributed by atoms with Crippen LogP contribution in [0.1, 0.15) is 233 Å². The quantitative estimate of drug-likeness (QED) is 0.0324. The van der Waals surface area contributed by atoms with Crippen LogP contribution in [0.5, 0.6) is 0 Å². The predicted molar refractivity (Wildman–Crippen MR) is 250 cm³/mol. The maximum absolute atomic E-state index is 13.2. The van der Waals surface area contributed by atoms with Gasteiger partial charge in [0.05, 0.1) is 25.2 Å². The SMILES string of the molecule is CC/C=C/C/C=C/C/C=C/C/C=C/CCCC(CC(=O)NC(CO)C(O)CCCCCCCCCCCCCCC)OC(=O)CCCCCCC/C=C\CCCCC. The fraction of sp³-hybridized carbons (Fsp3) is 0.769. The number of amides is 1. The first kappa shape index (κ1) is 55.6. The number of aliphatic hydroxyl groups is 2. The molecule has 336 valence electrons. The summed E-state index contributed by atoms with van der Waals surface area (Å²) >= 11 is 0. The lowest BCUT2D eigenvalue weighted by Gasteiger charge is -2.24. The zero-order valence-electron chi connectivity index (χ0n) is 38.2. The summed E-state index contributed by atoms with van der Waals surface area (Å²) < 4.78 is 5.88. The lowest BCUT2D eigenvalue weighted by molar-refractivity contribution is -0.151. The summed E-state index contributed by atoms with van der Waals surface area (Å²) in [5.74, 6) is -0.540. The third-order valence-corrected chi connectivity index (χ3v) is 10.8. The highest BCUT2D eigenvalue weighted by molar-refractivity contribution is 5.77. The molecule has 0 aromatic rings. The van der Waals surface area contributed by atoms with Crippen molar-refractivity contribution in [3.05, 3.63) is 60.8 Å². The number of esters is 1. The molecule has 0 fully saturated rings. The van der Waals surface area contributed by atoms with Gasteiger partial charge in [-0.1, -0.05) is 197 Å². The Labute approximate surface area is 358 Å². The van der Waals surface area contributed by atoms with Gasteiger partial charge in [-0.05, 0) is 83.5 Å². The Kier molecular flexibility index (Phi) is 43.7. The fourth-order valence-electron chi connectivity index (χ4n) is 7.13. The van der Waals surface area contributed by atoms with Crippen LogP contribution in [0.15, 0.2) is 60.8 Å². The van der Waals surface area contributed by atoms with Crippen LogP contribution in [0, 0.1) is 0 Å². The highest BCUT2D eigenvalue weighted by Crippen LogP contribution is 2.17. The van der Waals surface area contributed by atoms with E-state index in [-0.39, 0.29) is 24.9 Å². The van der Waals surface area contributed by atoms with Crippen molar-refractivity contribution < 1.29 is 24.5 Å². The second kappa shape index (κ2) is 45.6. The number of allylic oxidation sites excluding steroid dienone is 10. The maximum Gasteiger partial charge on any atom is 0.306 e. The molecule has 3 atom stereocenters. The van der Waals surface area contributed by atoms with Gasteiger partial charge in [-0.15, -0.1) is 0 Å². The lowest BCUT2D eigenvalue weighted by Crippen LogP contribution is -2.46. The molecular weight excluding hydrogens is 719 g/mol. The van der Waals surface area contributed by atoms with E-state index < -0.39 is 18.2 Å². The second-order valence-corrected chi connectivity index (χ2v) is 16.5. The number of hydrogen-bond acceptors (Lipinski definition) is 5. The minimum Gasteiger partial charge on any atom is -0.462 e. The molecule has 0 aliphatic heterocycles. The number of nitrogens with one attached hydrogen (secondary N) is 1. The van der Waals surface area contributed by atoms with Gasteiger partial charge in [0.2, 0.25) is 5.91 Å². The van der Waals surface area contributed by atoms with Crippen LogP contribution in [-0.2, 0) is 14.3 Å². The van der Waals surface area contributed by atoms with Crippen molar-refractivity contribution in [3.8, 4) is 0 Å². The maximum atomic E-state index is 13.2. The van der Waals surface area contributed by atoms with Gasteiger partial charge >= 0.3 is 5.97 Å². The molecule has 0 spiro atoms. The molecule has 0 rings (SSSR count). The van der Waals surface area contributed by atoms with Crippen LogP contribution < -0.4 is 5.32 Å². The number of aliphatic hydroxyl groups excluding tert-OH is 2. The van der Waals surface area contributed by atoms with Crippen molar-refractivity contribution in [1.82, 2.24) is 5.32 Å². The van der Waals surface area contributed by atoms with Crippen molar-refractivity contribution in [2.75, 3.05) is 6.61 Å². The molecule has 0 heterocycles. The van der Waals surface area contributed by atoms with E-state index in [0.29, 0.717) is 19.3 Å². The van der Waals surface area contributed by atoms with E-state index in [1.807, 2.05) is 0 Å². The third kappa shape index (κ3) is 40.3. The average molecular weight is 812 g/mol. The number of ether oxygens (including phenoxy) is 1. The van der Waals surface area contributed by atoms with Gasteiger partial charge in [-0.2, -0.15) is 0 Å². The summed E-state index contributed by atoms with van der Waals surface area (Å²) in [5, 5.41) is 23.7. The first-order valence-electron chi connectivity index (χ1n) is 24.5. The number of carbonyl (C=O) groups is 2. The third-order valence-electron chi connectivity index (χ3n) is 10.8. The summed E-state index contributed by atoms with van der Waals surface area (Å²) in [5.41, 5.74) is 0. The van der Waals surface area contributed by atoms with Crippen LogP contribution in [0.25, 0.3) is 0 Å². The number of hydrogen-bond donors (Lipinski definition) is 3. The van der Waals surface area contributed by atoms with E-state index in [4.69, 9.17) is 4.74 Å². The molecule has 0 aliphatic carbocycles. The topological polar surface area (TPSA) is 95.9 Å². The first-order chi connectivity index (χ1) is 28.5. The van der Waals surface area contributed by atoms with Gasteiger partial charge < -0.3 is 20.3 Å². The van der Waals surface area contributed by atoms with Crippen LogP contribution in [0.2, 0.25) is 0 Å². The normalized spacial score (nSPS) is 13.8. The molecule has 3 N–H and O–H groups in total. The van der Waals surface area contributed by atoms with E-state index in [9.17, 15) is 19.8 Å². The van der Waals surface area contributed by atoms with Gasteiger partial charge in [-0.3, -0.25) is 9.59 Å². The Balaban J connectivity index is 4.68. The lowest BCUT2D eigenvalue weighted by atomic mass is 10.0. The van der Waals surface area contributed by atoms with Crippen molar-refractivity contribution >= 4 is 11.9 Å². The molecule has 0 aliphatic rings. The molecule has 1 amide bonds. The summed E-state index contributed by atoms with van der Waals surface area (Å²) in [6.07, 6.45) is 55.7. The summed E-state index contributed by atoms with van der Waals surface area (Å²) in [6.45, 7) is 6.32. The van der Waals surface area contributed by atoms with Gasteiger partial charge in [0.15, 0.2) is 0 Å². The molecule has 0 aromatic carbocycles. The Morgan fingerprint density at radius 3 is 1.50 bits per heavy atom. The Hall–Kier alpha value is -2.44.